The van der Waals surface area contributed by atoms with E-state index in [-0.39, 0.29) is 0 Å². The number of rotatable bonds is 5. The molecule has 128 valence electrons. The monoisotopic (exact) mass is 328 g/mol. The molecule has 1 unspecified atom stereocenters. The Morgan fingerprint density at radius 1 is 1.17 bits per heavy atom. The fourth-order valence-electron chi connectivity index (χ4n) is 3.04. The van der Waals surface area contributed by atoms with Crippen molar-refractivity contribution in [1.29, 1.82) is 0 Å². The Labute approximate surface area is 142 Å². The summed E-state index contributed by atoms with van der Waals surface area (Å²) in [4.78, 5) is 13.0. The number of piperazine rings is 1. The molecule has 0 bridgehead atoms. The molecule has 0 spiro atoms. The van der Waals surface area contributed by atoms with Crippen LogP contribution in [0.25, 0.3) is 0 Å². The number of aromatic nitrogens is 2. The van der Waals surface area contributed by atoms with Gasteiger partial charge in [-0.15, -0.1) is 0 Å². The van der Waals surface area contributed by atoms with Gasteiger partial charge in [0, 0.05) is 50.7 Å². The van der Waals surface area contributed by atoms with E-state index in [1.807, 2.05) is 31.2 Å². The minimum atomic E-state index is -0.556. The second-order valence-corrected chi connectivity index (χ2v) is 6.10. The Hall–Kier alpha value is -2.18. The summed E-state index contributed by atoms with van der Waals surface area (Å²) in [6.07, 6.45) is 2.98. The molecule has 3 rings (SSSR count). The van der Waals surface area contributed by atoms with Crippen LogP contribution in [-0.4, -0.2) is 59.8 Å². The van der Waals surface area contributed by atoms with Crippen molar-refractivity contribution < 1.29 is 9.84 Å². The van der Waals surface area contributed by atoms with E-state index in [0.29, 0.717) is 6.54 Å². The normalized spacial score (nSPS) is 16.9. The van der Waals surface area contributed by atoms with Crippen molar-refractivity contribution >= 4 is 5.95 Å². The summed E-state index contributed by atoms with van der Waals surface area (Å²) >= 11 is 0. The van der Waals surface area contributed by atoms with Crippen molar-refractivity contribution in [2.24, 2.45) is 0 Å². The molecule has 1 aromatic heterocycles. The van der Waals surface area contributed by atoms with Crippen LogP contribution in [0.15, 0.2) is 36.7 Å². The van der Waals surface area contributed by atoms with Crippen molar-refractivity contribution in [3.8, 4) is 5.75 Å². The Morgan fingerprint density at radius 2 is 1.88 bits per heavy atom. The van der Waals surface area contributed by atoms with Crippen molar-refractivity contribution in [1.82, 2.24) is 14.9 Å². The number of aryl methyl sites for hydroxylation is 1. The quantitative estimate of drug-likeness (QED) is 0.900. The van der Waals surface area contributed by atoms with Gasteiger partial charge in [-0.3, -0.25) is 4.90 Å². The van der Waals surface area contributed by atoms with Gasteiger partial charge in [-0.1, -0.05) is 11.6 Å². The average Bonchev–Trinajstić information content (AvgIpc) is 2.63. The summed E-state index contributed by atoms with van der Waals surface area (Å²) in [6, 6.07) is 7.73. The number of nitrogens with zero attached hydrogens (tertiary/aromatic N) is 4. The minimum Gasteiger partial charge on any atom is -0.496 e. The van der Waals surface area contributed by atoms with Crippen LogP contribution in [-0.2, 0) is 0 Å². The predicted octanol–water partition coefficient (Wildman–Crippen LogP) is 1.65. The molecule has 1 N–H and O–H groups in total. The van der Waals surface area contributed by atoms with Crippen molar-refractivity contribution in [3.05, 3.63) is 47.8 Å². The summed E-state index contributed by atoms with van der Waals surface area (Å²) in [5, 5.41) is 10.6. The Balaban J connectivity index is 1.59. The lowest BCUT2D eigenvalue weighted by Gasteiger charge is -2.35. The maximum atomic E-state index is 10.6. The maximum Gasteiger partial charge on any atom is 0.225 e. The van der Waals surface area contributed by atoms with Crippen molar-refractivity contribution in [2.45, 2.75) is 13.0 Å². The van der Waals surface area contributed by atoms with E-state index < -0.39 is 6.10 Å². The molecular formula is C18H24N4O2. The van der Waals surface area contributed by atoms with Gasteiger partial charge < -0.3 is 14.7 Å². The molecule has 0 amide bonds. The second-order valence-electron chi connectivity index (χ2n) is 6.10. The van der Waals surface area contributed by atoms with Gasteiger partial charge >= 0.3 is 0 Å². The molecule has 1 saturated heterocycles. The molecule has 1 aliphatic rings. The first kappa shape index (κ1) is 16.7. The topological polar surface area (TPSA) is 61.7 Å². The smallest absolute Gasteiger partial charge is 0.225 e. The fourth-order valence-corrected chi connectivity index (χ4v) is 3.04. The van der Waals surface area contributed by atoms with Crippen LogP contribution < -0.4 is 9.64 Å². The van der Waals surface area contributed by atoms with Gasteiger partial charge in [0.1, 0.15) is 5.75 Å². The zero-order valence-corrected chi connectivity index (χ0v) is 14.2. The van der Waals surface area contributed by atoms with Gasteiger partial charge in [0.25, 0.3) is 0 Å². The lowest BCUT2D eigenvalue weighted by atomic mass is 10.0. The van der Waals surface area contributed by atoms with Crippen LogP contribution in [0, 0.1) is 6.92 Å². The van der Waals surface area contributed by atoms with Gasteiger partial charge in [-0.25, -0.2) is 9.97 Å². The second kappa shape index (κ2) is 7.59. The van der Waals surface area contributed by atoms with Crippen LogP contribution in [0.1, 0.15) is 17.2 Å². The SMILES string of the molecule is COc1ccc(C)cc1C(O)CN1CCN(c2ncccn2)CC1. The third kappa shape index (κ3) is 3.83. The standard InChI is InChI=1S/C18H24N4O2/c1-14-4-5-17(24-2)15(12-14)16(23)13-21-8-10-22(11-9-21)18-19-6-3-7-20-18/h3-7,12,16,23H,8-11,13H2,1-2H3. The molecule has 2 heterocycles. The number of aliphatic hydroxyl groups excluding tert-OH is 1. The summed E-state index contributed by atoms with van der Waals surface area (Å²) in [7, 11) is 1.64. The first-order valence-electron chi connectivity index (χ1n) is 8.24. The predicted molar refractivity (Wildman–Crippen MR) is 93.4 cm³/mol. The first-order chi connectivity index (χ1) is 11.7. The van der Waals surface area contributed by atoms with Crippen LogP contribution in [0.2, 0.25) is 0 Å². The van der Waals surface area contributed by atoms with Crippen LogP contribution in [0.4, 0.5) is 5.95 Å². The molecule has 1 fully saturated rings. The third-order valence-electron chi connectivity index (χ3n) is 4.38. The number of anilines is 1. The molecule has 1 atom stereocenters. The fraction of sp³-hybridized carbons (Fsp3) is 0.444. The molecule has 24 heavy (non-hydrogen) atoms. The highest BCUT2D eigenvalue weighted by atomic mass is 16.5. The molecule has 1 aliphatic heterocycles. The molecule has 1 aromatic carbocycles. The van der Waals surface area contributed by atoms with Crippen molar-refractivity contribution in [2.75, 3.05) is 44.7 Å². The van der Waals surface area contributed by atoms with Crippen molar-refractivity contribution in [3.63, 3.8) is 0 Å². The van der Waals surface area contributed by atoms with E-state index >= 15 is 0 Å². The highest BCUT2D eigenvalue weighted by Gasteiger charge is 2.22. The van der Waals surface area contributed by atoms with Gasteiger partial charge in [0.2, 0.25) is 5.95 Å². The Morgan fingerprint density at radius 3 is 2.54 bits per heavy atom. The molecule has 0 saturated carbocycles. The zero-order chi connectivity index (χ0) is 16.9. The van der Waals surface area contributed by atoms with E-state index in [0.717, 1.165) is 49.0 Å². The highest BCUT2D eigenvalue weighted by molar-refractivity contribution is 5.38. The van der Waals surface area contributed by atoms with E-state index in [9.17, 15) is 5.11 Å². The lowest BCUT2D eigenvalue weighted by molar-refractivity contribution is 0.107. The van der Waals surface area contributed by atoms with Crippen LogP contribution >= 0.6 is 0 Å². The number of β-amino-alcohol motifs (C(OH)–C–C–N with tert-alkyl or cyclic N) is 1. The molecule has 0 radical (unpaired) electrons. The number of methoxy groups -OCH3 is 1. The van der Waals surface area contributed by atoms with Crippen LogP contribution in [0.3, 0.4) is 0 Å². The summed E-state index contributed by atoms with van der Waals surface area (Å²) < 4.78 is 5.38. The zero-order valence-electron chi connectivity index (χ0n) is 14.2. The van der Waals surface area contributed by atoms with Gasteiger partial charge in [-0.05, 0) is 25.1 Å². The molecule has 0 aliphatic carbocycles. The Kier molecular flexibility index (Phi) is 5.27. The molecule has 6 nitrogen and oxygen atoms in total. The van der Waals surface area contributed by atoms with Crippen LogP contribution in [0.5, 0.6) is 5.75 Å². The molecular weight excluding hydrogens is 304 g/mol. The van der Waals surface area contributed by atoms with Gasteiger partial charge in [0.05, 0.1) is 13.2 Å². The highest BCUT2D eigenvalue weighted by Crippen LogP contribution is 2.27. The van der Waals surface area contributed by atoms with E-state index in [1.165, 1.54) is 0 Å². The molecule has 2 aromatic rings. The van der Waals surface area contributed by atoms with E-state index in [4.69, 9.17) is 4.74 Å². The third-order valence-corrected chi connectivity index (χ3v) is 4.38. The van der Waals surface area contributed by atoms with E-state index in [1.54, 1.807) is 19.5 Å². The average molecular weight is 328 g/mol. The van der Waals surface area contributed by atoms with E-state index in [2.05, 4.69) is 19.8 Å². The lowest BCUT2D eigenvalue weighted by Crippen LogP contribution is -2.48. The number of hydrogen-bond donors (Lipinski definition) is 1. The first-order valence-corrected chi connectivity index (χ1v) is 8.24. The number of benzene rings is 1. The summed E-state index contributed by atoms with van der Waals surface area (Å²) in [5.41, 5.74) is 1.97. The van der Waals surface area contributed by atoms with Gasteiger partial charge in [0.15, 0.2) is 0 Å². The van der Waals surface area contributed by atoms with Gasteiger partial charge in [-0.2, -0.15) is 0 Å². The molecule has 6 heteroatoms. The summed E-state index contributed by atoms with van der Waals surface area (Å²) in [6.45, 7) is 6.11. The number of aliphatic hydroxyl groups is 1. The number of ether oxygens (including phenoxy) is 1. The number of hydrogen-bond acceptors (Lipinski definition) is 6. The summed E-state index contributed by atoms with van der Waals surface area (Å²) in [5.74, 6) is 1.52. The Bertz CT molecular complexity index is 657. The largest absolute Gasteiger partial charge is 0.496 e. The maximum absolute atomic E-state index is 10.6. The minimum absolute atomic E-state index is 0.556.